The Kier molecular flexibility index (Phi) is 3.32. The lowest BCUT2D eigenvalue weighted by atomic mass is 9.91. The van der Waals surface area contributed by atoms with E-state index >= 15 is 0 Å². The van der Waals surface area contributed by atoms with Crippen molar-refractivity contribution in [1.29, 1.82) is 0 Å². The van der Waals surface area contributed by atoms with Crippen LogP contribution in [0.2, 0.25) is 0 Å². The number of hydrogen-bond donors (Lipinski definition) is 1. The Labute approximate surface area is 113 Å². The summed E-state index contributed by atoms with van der Waals surface area (Å²) in [6.45, 7) is 0.703. The Morgan fingerprint density at radius 2 is 1.68 bits per heavy atom. The van der Waals surface area contributed by atoms with Crippen molar-refractivity contribution in [3.05, 3.63) is 70.8 Å². The van der Waals surface area contributed by atoms with Crippen LogP contribution in [0.1, 0.15) is 28.2 Å². The molecule has 2 heteroatoms. The maximum absolute atomic E-state index is 10.6. The molecule has 0 saturated heterocycles. The fourth-order valence-corrected chi connectivity index (χ4v) is 2.98. The van der Waals surface area contributed by atoms with E-state index in [1.807, 2.05) is 0 Å². The summed E-state index contributed by atoms with van der Waals surface area (Å²) in [5.74, 6) is 0.366. The second kappa shape index (κ2) is 5.27. The van der Waals surface area contributed by atoms with Crippen LogP contribution in [0.3, 0.4) is 0 Å². The van der Waals surface area contributed by atoms with Gasteiger partial charge in [-0.05, 0) is 35.1 Å². The summed E-state index contributed by atoms with van der Waals surface area (Å²) >= 11 is 0. The summed E-state index contributed by atoms with van der Waals surface area (Å²) in [5.41, 5.74) is 5.55. The van der Waals surface area contributed by atoms with Crippen molar-refractivity contribution < 1.29 is 4.79 Å². The van der Waals surface area contributed by atoms with Gasteiger partial charge in [0.1, 0.15) is 0 Å². The summed E-state index contributed by atoms with van der Waals surface area (Å²) in [7, 11) is 0. The zero-order valence-corrected chi connectivity index (χ0v) is 10.8. The highest BCUT2D eigenvalue weighted by Crippen LogP contribution is 2.31. The number of carbonyl (C=O) groups excluding carboxylic acids is 1. The predicted octanol–water partition coefficient (Wildman–Crippen LogP) is 2.66. The molecule has 19 heavy (non-hydrogen) atoms. The number of benzene rings is 2. The van der Waals surface area contributed by atoms with Crippen molar-refractivity contribution in [1.82, 2.24) is 5.32 Å². The number of carbonyl (C=O) groups is 1. The van der Waals surface area contributed by atoms with Crippen molar-refractivity contribution in [2.24, 2.45) is 0 Å². The van der Waals surface area contributed by atoms with Crippen molar-refractivity contribution in [2.45, 2.75) is 18.8 Å². The molecule has 0 spiro atoms. The van der Waals surface area contributed by atoms with Gasteiger partial charge in [-0.3, -0.25) is 4.79 Å². The minimum absolute atomic E-state index is 0.366. The molecule has 2 aromatic carbocycles. The number of rotatable bonds is 3. The highest BCUT2D eigenvalue weighted by atomic mass is 16.1. The molecule has 2 aromatic rings. The molecule has 1 amide bonds. The molecule has 0 saturated carbocycles. The van der Waals surface area contributed by atoms with E-state index in [-0.39, 0.29) is 0 Å². The Balaban J connectivity index is 2.03. The molecular weight excluding hydrogens is 234 g/mol. The molecule has 96 valence electrons. The van der Waals surface area contributed by atoms with Gasteiger partial charge in [0.05, 0.1) is 0 Å². The number of hydrogen-bond acceptors (Lipinski definition) is 1. The number of amides is 1. The molecule has 0 bridgehead atoms. The van der Waals surface area contributed by atoms with E-state index in [1.54, 1.807) is 0 Å². The van der Waals surface area contributed by atoms with Gasteiger partial charge in [0.2, 0.25) is 6.41 Å². The lowest BCUT2D eigenvalue weighted by molar-refractivity contribution is -0.109. The fraction of sp³-hybridized carbons (Fsp3) is 0.235. The molecule has 3 rings (SSSR count). The van der Waals surface area contributed by atoms with Crippen LogP contribution in [0, 0.1) is 0 Å². The van der Waals surface area contributed by atoms with Crippen LogP contribution >= 0.6 is 0 Å². The monoisotopic (exact) mass is 251 g/mol. The molecular formula is C17H17NO. The first-order valence-corrected chi connectivity index (χ1v) is 6.70. The molecule has 0 heterocycles. The van der Waals surface area contributed by atoms with Gasteiger partial charge in [0.15, 0.2) is 0 Å². The fourth-order valence-electron chi connectivity index (χ4n) is 2.98. The molecule has 0 aromatic heterocycles. The van der Waals surface area contributed by atoms with E-state index in [4.69, 9.17) is 0 Å². The van der Waals surface area contributed by atoms with Crippen molar-refractivity contribution in [3.63, 3.8) is 0 Å². The highest BCUT2D eigenvalue weighted by molar-refractivity contribution is 5.47. The average molecular weight is 251 g/mol. The molecule has 0 fully saturated rings. The summed E-state index contributed by atoms with van der Waals surface area (Å²) in [6, 6.07) is 17.2. The van der Waals surface area contributed by atoms with Crippen LogP contribution in [-0.2, 0) is 17.6 Å². The third-order valence-corrected chi connectivity index (χ3v) is 3.91. The van der Waals surface area contributed by atoms with Gasteiger partial charge in [-0.2, -0.15) is 0 Å². The first-order chi connectivity index (χ1) is 9.38. The molecule has 2 nitrogen and oxygen atoms in total. The van der Waals surface area contributed by atoms with E-state index in [0.29, 0.717) is 12.5 Å². The molecule has 1 aliphatic carbocycles. The zero-order chi connectivity index (χ0) is 13.1. The number of nitrogens with one attached hydrogen (secondary N) is 1. The zero-order valence-electron chi connectivity index (χ0n) is 10.8. The summed E-state index contributed by atoms with van der Waals surface area (Å²) in [4.78, 5) is 10.6. The van der Waals surface area contributed by atoms with E-state index in [2.05, 4.69) is 53.8 Å². The van der Waals surface area contributed by atoms with Crippen LogP contribution in [-0.4, -0.2) is 13.0 Å². The van der Waals surface area contributed by atoms with E-state index in [9.17, 15) is 4.79 Å². The Morgan fingerprint density at radius 3 is 2.47 bits per heavy atom. The summed E-state index contributed by atoms with van der Waals surface area (Å²) in [5, 5.41) is 2.84. The smallest absolute Gasteiger partial charge is 0.207 e. The largest absolute Gasteiger partial charge is 0.358 e. The minimum atomic E-state index is 0.366. The molecule has 0 aliphatic heterocycles. The molecule has 1 atom stereocenters. The SMILES string of the molecule is O=CNC[C@@H]1Cc2ccccc2Cc2ccccc21. The van der Waals surface area contributed by atoms with Crippen LogP contribution < -0.4 is 5.32 Å². The second-order valence-corrected chi connectivity index (χ2v) is 5.07. The molecule has 1 N–H and O–H groups in total. The van der Waals surface area contributed by atoms with Crippen molar-refractivity contribution in [3.8, 4) is 0 Å². The minimum Gasteiger partial charge on any atom is -0.358 e. The molecule has 0 unspecified atom stereocenters. The first-order valence-electron chi connectivity index (χ1n) is 6.70. The van der Waals surface area contributed by atoms with Gasteiger partial charge < -0.3 is 5.32 Å². The van der Waals surface area contributed by atoms with Crippen LogP contribution in [0.5, 0.6) is 0 Å². The normalized spacial score (nSPS) is 16.9. The predicted molar refractivity (Wildman–Crippen MR) is 76.2 cm³/mol. The standard InChI is InChI=1S/C17H17NO/c19-12-18-11-16-10-14-6-2-1-5-13(14)9-15-7-3-4-8-17(15)16/h1-8,12,16H,9-11H2,(H,18,19)/t16-/m0/s1. The van der Waals surface area contributed by atoms with Gasteiger partial charge in [0.25, 0.3) is 0 Å². The van der Waals surface area contributed by atoms with E-state index in [0.717, 1.165) is 19.3 Å². The molecule has 1 aliphatic rings. The maximum atomic E-state index is 10.6. The first kappa shape index (κ1) is 12.0. The van der Waals surface area contributed by atoms with Crippen LogP contribution in [0.4, 0.5) is 0 Å². The van der Waals surface area contributed by atoms with Gasteiger partial charge in [-0.1, -0.05) is 48.5 Å². The Hall–Kier alpha value is -2.09. The van der Waals surface area contributed by atoms with Crippen LogP contribution in [0.25, 0.3) is 0 Å². The van der Waals surface area contributed by atoms with Gasteiger partial charge >= 0.3 is 0 Å². The highest BCUT2D eigenvalue weighted by Gasteiger charge is 2.21. The molecule has 0 radical (unpaired) electrons. The number of fused-ring (bicyclic) bond motifs is 2. The van der Waals surface area contributed by atoms with E-state index in [1.165, 1.54) is 22.3 Å². The Morgan fingerprint density at radius 1 is 1.00 bits per heavy atom. The van der Waals surface area contributed by atoms with Gasteiger partial charge in [-0.15, -0.1) is 0 Å². The quantitative estimate of drug-likeness (QED) is 0.835. The summed E-state index contributed by atoms with van der Waals surface area (Å²) in [6.07, 6.45) is 2.78. The van der Waals surface area contributed by atoms with Gasteiger partial charge in [-0.25, -0.2) is 0 Å². The second-order valence-electron chi connectivity index (χ2n) is 5.07. The lowest BCUT2D eigenvalue weighted by Crippen LogP contribution is -2.21. The topological polar surface area (TPSA) is 29.1 Å². The van der Waals surface area contributed by atoms with Gasteiger partial charge in [0, 0.05) is 12.5 Å². The van der Waals surface area contributed by atoms with Crippen LogP contribution in [0.15, 0.2) is 48.5 Å². The van der Waals surface area contributed by atoms with E-state index < -0.39 is 0 Å². The maximum Gasteiger partial charge on any atom is 0.207 e. The van der Waals surface area contributed by atoms with Crippen molar-refractivity contribution in [2.75, 3.05) is 6.54 Å². The van der Waals surface area contributed by atoms with Crippen molar-refractivity contribution >= 4 is 6.41 Å². The summed E-state index contributed by atoms with van der Waals surface area (Å²) < 4.78 is 0. The third kappa shape index (κ3) is 2.39. The third-order valence-electron chi connectivity index (χ3n) is 3.91. The lowest BCUT2D eigenvalue weighted by Gasteiger charge is -2.17. The average Bonchev–Trinajstić information content (AvgIpc) is 2.61. The Bertz CT molecular complexity index is 591.